The van der Waals surface area contributed by atoms with Crippen LogP contribution < -0.4 is 14.5 Å². The molecule has 6 nitrogen and oxygen atoms in total. The van der Waals surface area contributed by atoms with Gasteiger partial charge in [-0.2, -0.15) is 0 Å². The molecule has 7 heteroatoms. The molecule has 28 heavy (non-hydrogen) atoms. The third-order valence-corrected chi connectivity index (χ3v) is 4.77. The van der Waals surface area contributed by atoms with Gasteiger partial charge in [0.1, 0.15) is 11.6 Å². The van der Waals surface area contributed by atoms with E-state index in [2.05, 4.69) is 0 Å². The van der Waals surface area contributed by atoms with Crippen LogP contribution in [0.5, 0.6) is 5.75 Å². The van der Waals surface area contributed by atoms with E-state index in [1.807, 2.05) is 36.2 Å². The second-order valence-corrected chi connectivity index (χ2v) is 6.84. The number of benzene rings is 2. The van der Waals surface area contributed by atoms with Crippen molar-refractivity contribution in [1.29, 1.82) is 0 Å². The Morgan fingerprint density at radius 3 is 2.36 bits per heavy atom. The van der Waals surface area contributed by atoms with Crippen LogP contribution >= 0.6 is 0 Å². The summed E-state index contributed by atoms with van der Waals surface area (Å²) >= 11 is 0. The number of hydrogen-bond acceptors (Lipinski definition) is 5. The van der Waals surface area contributed by atoms with Crippen LogP contribution in [-0.4, -0.2) is 42.1 Å². The number of hydrogen-bond donors (Lipinski definition) is 0. The van der Waals surface area contributed by atoms with Gasteiger partial charge in [0.25, 0.3) is 5.91 Å². The molecule has 0 bridgehead atoms. The molecular formula is C21H21FN4O2. The molecule has 144 valence electrons. The Bertz CT molecular complexity index is 1010. The molecule has 0 saturated carbocycles. The van der Waals surface area contributed by atoms with E-state index in [4.69, 9.17) is 14.7 Å². The third kappa shape index (κ3) is 3.47. The van der Waals surface area contributed by atoms with Gasteiger partial charge in [-0.1, -0.05) is 12.1 Å². The fourth-order valence-corrected chi connectivity index (χ4v) is 3.30. The molecule has 1 amide bonds. The van der Waals surface area contributed by atoms with Crippen LogP contribution in [0, 0.1) is 5.82 Å². The zero-order chi connectivity index (χ0) is 19.7. The number of aromatic nitrogens is 2. The number of carbonyl (C=O) groups is 1. The molecule has 0 N–H and O–H groups in total. The second-order valence-electron chi connectivity index (χ2n) is 6.84. The molecule has 1 aliphatic heterocycles. The predicted octanol–water partition coefficient (Wildman–Crippen LogP) is 3.41. The van der Waals surface area contributed by atoms with E-state index < -0.39 is 6.10 Å². The Morgan fingerprint density at radius 1 is 1.04 bits per heavy atom. The van der Waals surface area contributed by atoms with Gasteiger partial charge in [0.2, 0.25) is 0 Å². The number of para-hydroxylation sites is 2. The van der Waals surface area contributed by atoms with Gasteiger partial charge < -0.3 is 9.64 Å². The van der Waals surface area contributed by atoms with Gasteiger partial charge in [0.05, 0.1) is 11.0 Å². The van der Waals surface area contributed by atoms with Crippen molar-refractivity contribution in [3.8, 4) is 5.75 Å². The van der Waals surface area contributed by atoms with Crippen LogP contribution in [0.4, 0.5) is 16.0 Å². The first kappa shape index (κ1) is 18.2. The minimum Gasteiger partial charge on any atom is -0.481 e. The fourth-order valence-electron chi connectivity index (χ4n) is 3.30. The summed E-state index contributed by atoms with van der Waals surface area (Å²) in [5.41, 5.74) is 1.53. The van der Waals surface area contributed by atoms with Crippen LogP contribution in [-0.2, 0) is 4.79 Å². The number of rotatable bonds is 3. The molecule has 0 spiro atoms. The molecule has 1 aromatic heterocycles. The van der Waals surface area contributed by atoms with Gasteiger partial charge in [-0.3, -0.25) is 9.69 Å². The van der Waals surface area contributed by atoms with E-state index in [9.17, 15) is 9.18 Å². The minimum atomic E-state index is -0.741. The lowest BCUT2D eigenvalue weighted by Gasteiger charge is -2.25. The average molecular weight is 380 g/mol. The first-order valence-corrected chi connectivity index (χ1v) is 9.24. The summed E-state index contributed by atoms with van der Waals surface area (Å²) < 4.78 is 18.8. The molecule has 1 aliphatic rings. The van der Waals surface area contributed by atoms with Crippen molar-refractivity contribution in [3.05, 3.63) is 54.3 Å². The highest BCUT2D eigenvalue weighted by atomic mass is 19.1. The van der Waals surface area contributed by atoms with Crippen LogP contribution in [0.3, 0.4) is 0 Å². The van der Waals surface area contributed by atoms with Crippen molar-refractivity contribution >= 4 is 28.6 Å². The minimum absolute atomic E-state index is 0.203. The van der Waals surface area contributed by atoms with E-state index >= 15 is 0 Å². The summed E-state index contributed by atoms with van der Waals surface area (Å²) in [6.45, 7) is 2.99. The molecule has 1 unspecified atom stereocenters. The van der Waals surface area contributed by atoms with Gasteiger partial charge in [-0.05, 0) is 49.7 Å². The zero-order valence-electron chi connectivity index (χ0n) is 15.8. The molecule has 1 atom stereocenters. The number of fused-ring (bicyclic) bond motifs is 2. The maximum atomic E-state index is 13.2. The monoisotopic (exact) mass is 380 g/mol. The summed E-state index contributed by atoms with van der Waals surface area (Å²) in [6, 6.07) is 13.2. The highest BCUT2D eigenvalue weighted by molar-refractivity contribution is 5.99. The zero-order valence-corrected chi connectivity index (χ0v) is 15.8. The van der Waals surface area contributed by atoms with E-state index in [1.54, 1.807) is 11.8 Å². The second kappa shape index (κ2) is 7.42. The normalized spacial score (nSPS) is 15.1. The van der Waals surface area contributed by atoms with E-state index in [1.165, 1.54) is 24.3 Å². The van der Waals surface area contributed by atoms with Crippen molar-refractivity contribution in [2.45, 2.75) is 19.4 Å². The van der Waals surface area contributed by atoms with Gasteiger partial charge in [-0.25, -0.2) is 14.4 Å². The SMILES string of the molecule is CC(Oc1ccc(F)cc1)C(=O)N1CCCN(C)c2nc3ccccc3nc21. The fraction of sp³-hybridized carbons (Fsp3) is 0.286. The Hall–Kier alpha value is -3.22. The van der Waals surface area contributed by atoms with Gasteiger partial charge in [0.15, 0.2) is 17.7 Å². The molecular weight excluding hydrogens is 359 g/mol. The van der Waals surface area contributed by atoms with Crippen molar-refractivity contribution in [1.82, 2.24) is 9.97 Å². The molecule has 2 heterocycles. The molecule has 0 saturated heterocycles. The maximum absolute atomic E-state index is 13.2. The predicted molar refractivity (Wildman–Crippen MR) is 106 cm³/mol. The lowest BCUT2D eigenvalue weighted by atomic mass is 10.2. The smallest absolute Gasteiger partial charge is 0.269 e. The number of anilines is 2. The van der Waals surface area contributed by atoms with Crippen molar-refractivity contribution in [3.63, 3.8) is 0 Å². The number of nitrogens with zero attached hydrogens (tertiary/aromatic N) is 4. The topological polar surface area (TPSA) is 58.6 Å². The average Bonchev–Trinajstić information content (AvgIpc) is 2.86. The summed E-state index contributed by atoms with van der Waals surface area (Å²) in [4.78, 5) is 26.3. The molecule has 0 fully saturated rings. The third-order valence-electron chi connectivity index (χ3n) is 4.77. The van der Waals surface area contributed by atoms with Crippen molar-refractivity contribution < 1.29 is 13.9 Å². The largest absolute Gasteiger partial charge is 0.481 e. The Kier molecular flexibility index (Phi) is 4.81. The van der Waals surface area contributed by atoms with Gasteiger partial charge in [-0.15, -0.1) is 0 Å². The lowest BCUT2D eigenvalue weighted by Crippen LogP contribution is -2.41. The van der Waals surface area contributed by atoms with Crippen molar-refractivity contribution in [2.24, 2.45) is 0 Å². The van der Waals surface area contributed by atoms with E-state index in [0.29, 0.717) is 23.9 Å². The van der Waals surface area contributed by atoms with Gasteiger partial charge in [0, 0.05) is 20.1 Å². The first-order valence-electron chi connectivity index (χ1n) is 9.24. The summed E-state index contributed by atoms with van der Waals surface area (Å²) in [6.07, 6.45) is 0.0508. The summed E-state index contributed by atoms with van der Waals surface area (Å²) in [5, 5.41) is 0. The quantitative estimate of drug-likeness (QED) is 0.697. The maximum Gasteiger partial charge on any atom is 0.269 e. The lowest BCUT2D eigenvalue weighted by molar-refractivity contribution is -0.124. The number of carbonyl (C=O) groups excluding carboxylic acids is 1. The van der Waals surface area contributed by atoms with Crippen LogP contribution in [0.1, 0.15) is 13.3 Å². The molecule has 3 aromatic rings. The highest BCUT2D eigenvalue weighted by Crippen LogP contribution is 2.30. The van der Waals surface area contributed by atoms with Crippen LogP contribution in [0.25, 0.3) is 11.0 Å². The summed E-state index contributed by atoms with van der Waals surface area (Å²) in [5.74, 6) is 1.11. The molecule has 0 radical (unpaired) electrons. The number of ether oxygens (including phenoxy) is 1. The highest BCUT2D eigenvalue weighted by Gasteiger charge is 2.30. The Labute approximate surface area is 162 Å². The number of halogens is 1. The van der Waals surface area contributed by atoms with Gasteiger partial charge >= 0.3 is 0 Å². The first-order chi connectivity index (χ1) is 13.5. The molecule has 0 aliphatic carbocycles. The standard InChI is InChI=1S/C21H21FN4O2/c1-14(28-16-10-8-15(22)9-11-16)21(27)26-13-5-12-25(2)19-20(26)24-18-7-4-3-6-17(18)23-19/h3-4,6-11,14H,5,12-13H2,1-2H3. The molecule has 4 rings (SSSR count). The molecule has 2 aromatic carbocycles. The van der Waals surface area contributed by atoms with Crippen LogP contribution in [0.15, 0.2) is 48.5 Å². The Balaban J connectivity index is 1.67. The van der Waals surface area contributed by atoms with Crippen LogP contribution in [0.2, 0.25) is 0 Å². The Morgan fingerprint density at radius 2 is 1.68 bits per heavy atom. The number of amides is 1. The van der Waals surface area contributed by atoms with E-state index in [-0.39, 0.29) is 11.7 Å². The summed E-state index contributed by atoms with van der Waals surface area (Å²) in [7, 11) is 1.95. The van der Waals surface area contributed by atoms with E-state index in [0.717, 1.165) is 24.0 Å². The van der Waals surface area contributed by atoms with Crippen molar-refractivity contribution in [2.75, 3.05) is 29.9 Å².